The molecular weight excluding hydrogens is 254 g/mol. The maximum atomic E-state index is 6.67. The number of aryl methyl sites for hydroxylation is 2. The molecule has 0 heterocycles. The van der Waals surface area contributed by atoms with E-state index >= 15 is 0 Å². The van der Waals surface area contributed by atoms with Crippen molar-refractivity contribution in [3.63, 3.8) is 0 Å². The van der Waals surface area contributed by atoms with E-state index in [1.54, 1.807) is 0 Å². The van der Waals surface area contributed by atoms with Gasteiger partial charge in [-0.05, 0) is 59.9 Å². The first-order valence-electron chi connectivity index (χ1n) is 7.34. The highest BCUT2D eigenvalue weighted by atomic mass is 14.7. The van der Waals surface area contributed by atoms with Crippen LogP contribution in [0.25, 0.3) is 10.8 Å². The standard InChI is InChI=1S/C20H21N/c1-14-8-10-18(12-15(14)2)20(3,21)19-11-9-16-6-4-5-7-17(16)13-19/h4-13H,21H2,1-3H3. The van der Waals surface area contributed by atoms with Crippen LogP contribution in [0.3, 0.4) is 0 Å². The molecule has 0 bridgehead atoms. The number of fused-ring (bicyclic) bond motifs is 1. The van der Waals surface area contributed by atoms with E-state index in [1.165, 1.54) is 21.9 Å². The fourth-order valence-electron chi connectivity index (χ4n) is 2.74. The van der Waals surface area contributed by atoms with Crippen LogP contribution in [0, 0.1) is 13.8 Å². The van der Waals surface area contributed by atoms with Gasteiger partial charge in [-0.25, -0.2) is 0 Å². The summed E-state index contributed by atoms with van der Waals surface area (Å²) >= 11 is 0. The van der Waals surface area contributed by atoms with Gasteiger partial charge in [0.2, 0.25) is 0 Å². The minimum atomic E-state index is -0.484. The van der Waals surface area contributed by atoms with E-state index in [-0.39, 0.29) is 0 Å². The molecule has 0 spiro atoms. The van der Waals surface area contributed by atoms with Crippen LogP contribution >= 0.6 is 0 Å². The topological polar surface area (TPSA) is 26.0 Å². The molecule has 0 aromatic heterocycles. The second kappa shape index (κ2) is 5.01. The molecule has 0 saturated carbocycles. The van der Waals surface area contributed by atoms with Gasteiger partial charge in [0.1, 0.15) is 0 Å². The maximum Gasteiger partial charge on any atom is 0.0637 e. The Hall–Kier alpha value is -2.12. The third kappa shape index (κ3) is 2.45. The summed E-state index contributed by atoms with van der Waals surface area (Å²) in [5.74, 6) is 0. The molecule has 1 nitrogen and oxygen atoms in total. The van der Waals surface area contributed by atoms with Crippen LogP contribution in [-0.2, 0) is 5.54 Å². The zero-order valence-corrected chi connectivity index (χ0v) is 12.9. The summed E-state index contributed by atoms with van der Waals surface area (Å²) < 4.78 is 0. The van der Waals surface area contributed by atoms with Crippen molar-refractivity contribution in [1.82, 2.24) is 0 Å². The van der Waals surface area contributed by atoms with Gasteiger partial charge in [0.25, 0.3) is 0 Å². The van der Waals surface area contributed by atoms with Gasteiger partial charge in [0.15, 0.2) is 0 Å². The third-order valence-electron chi connectivity index (χ3n) is 4.46. The largest absolute Gasteiger partial charge is 0.318 e. The molecule has 0 aliphatic rings. The van der Waals surface area contributed by atoms with Crippen molar-refractivity contribution >= 4 is 10.8 Å². The van der Waals surface area contributed by atoms with Crippen LogP contribution < -0.4 is 5.73 Å². The molecule has 3 rings (SSSR count). The van der Waals surface area contributed by atoms with Gasteiger partial charge in [0.05, 0.1) is 5.54 Å². The lowest BCUT2D eigenvalue weighted by Crippen LogP contribution is -2.34. The molecule has 3 aromatic rings. The van der Waals surface area contributed by atoms with Crippen LogP contribution in [0.15, 0.2) is 60.7 Å². The maximum absolute atomic E-state index is 6.67. The molecule has 0 fully saturated rings. The Morgan fingerprint density at radius 2 is 1.33 bits per heavy atom. The zero-order chi connectivity index (χ0) is 15.0. The predicted octanol–water partition coefficient (Wildman–Crippen LogP) is 4.68. The van der Waals surface area contributed by atoms with Gasteiger partial charge in [0, 0.05) is 0 Å². The molecule has 0 aliphatic heterocycles. The van der Waals surface area contributed by atoms with Crippen molar-refractivity contribution in [2.24, 2.45) is 5.73 Å². The first kappa shape index (κ1) is 13.8. The molecule has 1 unspecified atom stereocenters. The Bertz CT molecular complexity index is 800. The van der Waals surface area contributed by atoms with Gasteiger partial charge in [-0.2, -0.15) is 0 Å². The fourth-order valence-corrected chi connectivity index (χ4v) is 2.74. The van der Waals surface area contributed by atoms with Gasteiger partial charge in [-0.15, -0.1) is 0 Å². The molecule has 2 N–H and O–H groups in total. The summed E-state index contributed by atoms with van der Waals surface area (Å²) in [5.41, 5.74) is 11.1. The molecule has 21 heavy (non-hydrogen) atoms. The molecule has 3 aromatic carbocycles. The molecule has 0 amide bonds. The first-order valence-corrected chi connectivity index (χ1v) is 7.34. The van der Waals surface area contributed by atoms with E-state index in [2.05, 4.69) is 81.4 Å². The minimum absolute atomic E-state index is 0.484. The lowest BCUT2D eigenvalue weighted by molar-refractivity contribution is 0.603. The summed E-state index contributed by atoms with van der Waals surface area (Å²) in [6.07, 6.45) is 0. The first-order chi connectivity index (χ1) is 9.98. The van der Waals surface area contributed by atoms with E-state index in [4.69, 9.17) is 5.73 Å². The lowest BCUT2D eigenvalue weighted by Gasteiger charge is -2.27. The quantitative estimate of drug-likeness (QED) is 0.722. The number of hydrogen-bond donors (Lipinski definition) is 1. The molecule has 106 valence electrons. The zero-order valence-electron chi connectivity index (χ0n) is 12.9. The molecule has 1 heteroatoms. The Balaban J connectivity index is 2.12. The molecule has 0 saturated heterocycles. The minimum Gasteiger partial charge on any atom is -0.318 e. The smallest absolute Gasteiger partial charge is 0.0637 e. The van der Waals surface area contributed by atoms with Crippen LogP contribution in [-0.4, -0.2) is 0 Å². The highest BCUT2D eigenvalue weighted by molar-refractivity contribution is 5.83. The van der Waals surface area contributed by atoms with Crippen LogP contribution in [0.2, 0.25) is 0 Å². The van der Waals surface area contributed by atoms with E-state index < -0.39 is 5.54 Å². The normalized spacial score (nSPS) is 14.1. The summed E-state index contributed by atoms with van der Waals surface area (Å²) in [5, 5.41) is 2.48. The number of nitrogens with two attached hydrogens (primary N) is 1. The average Bonchev–Trinajstić information content (AvgIpc) is 2.49. The molecular formula is C20H21N. The van der Waals surface area contributed by atoms with Gasteiger partial charge >= 0.3 is 0 Å². The molecule has 1 atom stereocenters. The van der Waals surface area contributed by atoms with Crippen molar-refractivity contribution in [2.75, 3.05) is 0 Å². The van der Waals surface area contributed by atoms with E-state index in [1.807, 2.05) is 0 Å². The van der Waals surface area contributed by atoms with Crippen molar-refractivity contribution in [1.29, 1.82) is 0 Å². The van der Waals surface area contributed by atoms with Crippen molar-refractivity contribution in [3.05, 3.63) is 82.9 Å². The summed E-state index contributed by atoms with van der Waals surface area (Å²) in [4.78, 5) is 0. The fraction of sp³-hybridized carbons (Fsp3) is 0.200. The van der Waals surface area contributed by atoms with Crippen LogP contribution in [0.4, 0.5) is 0 Å². The lowest BCUT2D eigenvalue weighted by atomic mass is 9.83. The van der Waals surface area contributed by atoms with Crippen molar-refractivity contribution < 1.29 is 0 Å². The van der Waals surface area contributed by atoms with Crippen LogP contribution in [0.1, 0.15) is 29.2 Å². The van der Waals surface area contributed by atoms with Gasteiger partial charge in [-0.3, -0.25) is 0 Å². The Kier molecular flexibility index (Phi) is 3.30. The number of benzene rings is 3. The van der Waals surface area contributed by atoms with Crippen LogP contribution in [0.5, 0.6) is 0 Å². The molecule has 0 radical (unpaired) electrons. The van der Waals surface area contributed by atoms with E-state index in [9.17, 15) is 0 Å². The number of hydrogen-bond acceptors (Lipinski definition) is 1. The second-order valence-corrected chi connectivity index (χ2v) is 6.06. The Morgan fingerprint density at radius 3 is 2.05 bits per heavy atom. The van der Waals surface area contributed by atoms with Crippen molar-refractivity contribution in [3.8, 4) is 0 Å². The summed E-state index contributed by atoms with van der Waals surface area (Å²) in [7, 11) is 0. The predicted molar refractivity (Wildman–Crippen MR) is 90.5 cm³/mol. The number of rotatable bonds is 2. The highest BCUT2D eigenvalue weighted by Gasteiger charge is 2.24. The summed E-state index contributed by atoms with van der Waals surface area (Å²) in [6, 6.07) is 21.4. The monoisotopic (exact) mass is 275 g/mol. The highest BCUT2D eigenvalue weighted by Crippen LogP contribution is 2.30. The Labute approximate surface area is 126 Å². The Morgan fingerprint density at radius 1 is 0.714 bits per heavy atom. The van der Waals surface area contributed by atoms with E-state index in [0.717, 1.165) is 11.1 Å². The molecule has 0 aliphatic carbocycles. The summed E-state index contributed by atoms with van der Waals surface area (Å²) in [6.45, 7) is 6.35. The SMILES string of the molecule is Cc1ccc(C(C)(N)c2ccc3ccccc3c2)cc1C. The van der Waals surface area contributed by atoms with E-state index in [0.29, 0.717) is 0 Å². The third-order valence-corrected chi connectivity index (χ3v) is 4.46. The second-order valence-electron chi connectivity index (χ2n) is 6.06. The van der Waals surface area contributed by atoms with Gasteiger partial charge in [-0.1, -0.05) is 54.6 Å². The van der Waals surface area contributed by atoms with Crippen molar-refractivity contribution in [2.45, 2.75) is 26.3 Å². The average molecular weight is 275 g/mol. The van der Waals surface area contributed by atoms with Gasteiger partial charge < -0.3 is 5.73 Å².